The molecule has 0 bridgehead atoms. The number of thioether (sulfide) groups is 1. The Hall–Kier alpha value is -1.69. The predicted molar refractivity (Wildman–Crippen MR) is 76.9 cm³/mol. The summed E-state index contributed by atoms with van der Waals surface area (Å²) < 4.78 is 5.57. The van der Waals surface area contributed by atoms with Gasteiger partial charge in [-0.05, 0) is 6.07 Å². The Morgan fingerprint density at radius 3 is 3.10 bits per heavy atom. The van der Waals surface area contributed by atoms with Crippen molar-refractivity contribution in [2.75, 3.05) is 25.4 Å². The van der Waals surface area contributed by atoms with Crippen molar-refractivity contribution in [1.29, 1.82) is 0 Å². The molecule has 0 radical (unpaired) electrons. The average Bonchev–Trinajstić information content (AvgIpc) is 2.85. The Morgan fingerprint density at radius 2 is 2.30 bits per heavy atom. The molecule has 2 aliphatic heterocycles. The molecule has 1 aromatic rings. The summed E-state index contributed by atoms with van der Waals surface area (Å²) in [4.78, 5) is 25.1. The number of carbonyl (C=O) groups excluding carboxylic acids is 2. The first kappa shape index (κ1) is 13.3. The van der Waals surface area contributed by atoms with Gasteiger partial charge in [-0.1, -0.05) is 30.0 Å². The van der Waals surface area contributed by atoms with Gasteiger partial charge in [-0.25, -0.2) is 0 Å². The summed E-state index contributed by atoms with van der Waals surface area (Å²) in [6, 6.07) is 7.71. The maximum absolute atomic E-state index is 12.1. The smallest absolute Gasteiger partial charge is 0.282 e. The van der Waals surface area contributed by atoms with Gasteiger partial charge < -0.3 is 15.0 Å². The normalized spacial score (nSPS) is 21.3. The largest absolute Gasteiger partial charge is 0.493 e. The van der Waals surface area contributed by atoms with Crippen LogP contribution in [0.1, 0.15) is 18.0 Å². The molecule has 106 valence electrons. The van der Waals surface area contributed by atoms with Crippen LogP contribution in [0.15, 0.2) is 24.3 Å². The quantitative estimate of drug-likeness (QED) is 0.923. The monoisotopic (exact) mass is 292 g/mol. The fourth-order valence-corrected chi connectivity index (χ4v) is 3.30. The number of amides is 2. The lowest BCUT2D eigenvalue weighted by molar-refractivity contribution is -0.122. The van der Waals surface area contributed by atoms with Crippen LogP contribution in [0.3, 0.4) is 0 Å². The Morgan fingerprint density at radius 1 is 1.45 bits per heavy atom. The van der Waals surface area contributed by atoms with E-state index in [2.05, 4.69) is 5.32 Å². The minimum absolute atomic E-state index is 0.00692. The van der Waals surface area contributed by atoms with E-state index in [1.807, 2.05) is 24.3 Å². The molecule has 1 fully saturated rings. The van der Waals surface area contributed by atoms with Crippen molar-refractivity contribution in [2.45, 2.75) is 12.5 Å². The van der Waals surface area contributed by atoms with Crippen LogP contribution in [0.2, 0.25) is 0 Å². The summed E-state index contributed by atoms with van der Waals surface area (Å²) in [6.07, 6.45) is 0.755. The highest BCUT2D eigenvalue weighted by atomic mass is 32.2. The lowest BCUT2D eigenvalue weighted by atomic mass is 10.0. The molecule has 5 nitrogen and oxygen atoms in total. The molecule has 0 aromatic heterocycles. The van der Waals surface area contributed by atoms with E-state index in [-0.39, 0.29) is 23.7 Å². The Balaban J connectivity index is 1.63. The van der Waals surface area contributed by atoms with Crippen LogP contribution in [0.5, 0.6) is 5.75 Å². The molecule has 1 N–H and O–H groups in total. The lowest BCUT2D eigenvalue weighted by Gasteiger charge is -2.27. The molecule has 20 heavy (non-hydrogen) atoms. The molecular weight excluding hydrogens is 276 g/mol. The number of nitrogens with one attached hydrogen (secondary N) is 1. The molecular formula is C14H16N2O3S. The standard InChI is InChI=1S/C14H16N2O3S/c17-13(9-16-6-8-20-14(16)18)15-11-5-7-19-12-4-2-1-3-10(11)12/h1-4,11H,5-9H2,(H,15,17). The molecule has 6 heteroatoms. The summed E-state index contributed by atoms with van der Waals surface area (Å²) in [5.74, 6) is 1.49. The first-order valence-electron chi connectivity index (χ1n) is 6.67. The third-order valence-electron chi connectivity index (χ3n) is 3.47. The zero-order valence-electron chi connectivity index (χ0n) is 11.0. The highest BCUT2D eigenvalue weighted by Crippen LogP contribution is 2.31. The highest BCUT2D eigenvalue weighted by molar-refractivity contribution is 8.13. The maximum Gasteiger partial charge on any atom is 0.282 e. The molecule has 3 rings (SSSR count). The summed E-state index contributed by atoms with van der Waals surface area (Å²) in [5.41, 5.74) is 1.01. The van der Waals surface area contributed by atoms with Crippen molar-refractivity contribution in [3.8, 4) is 5.75 Å². The van der Waals surface area contributed by atoms with E-state index in [0.717, 1.165) is 23.5 Å². The van der Waals surface area contributed by atoms with Gasteiger partial charge in [0.25, 0.3) is 5.24 Å². The van der Waals surface area contributed by atoms with Crippen LogP contribution in [-0.4, -0.2) is 41.5 Å². The van der Waals surface area contributed by atoms with E-state index in [0.29, 0.717) is 13.2 Å². The van der Waals surface area contributed by atoms with Crippen LogP contribution in [0.4, 0.5) is 4.79 Å². The number of hydrogen-bond donors (Lipinski definition) is 1. The van der Waals surface area contributed by atoms with Gasteiger partial charge in [0.2, 0.25) is 5.91 Å². The van der Waals surface area contributed by atoms with Crippen LogP contribution in [-0.2, 0) is 4.79 Å². The zero-order chi connectivity index (χ0) is 13.9. The Labute approximate surface area is 121 Å². The van der Waals surface area contributed by atoms with E-state index in [1.165, 1.54) is 11.8 Å². The second-order valence-electron chi connectivity index (χ2n) is 4.83. The summed E-state index contributed by atoms with van der Waals surface area (Å²) in [5, 5.41) is 2.99. The number of para-hydroxylation sites is 1. The fourth-order valence-electron chi connectivity index (χ4n) is 2.47. The molecule has 1 saturated heterocycles. The number of fused-ring (bicyclic) bond motifs is 1. The Kier molecular flexibility index (Phi) is 3.82. The topological polar surface area (TPSA) is 58.6 Å². The SMILES string of the molecule is O=C(CN1CCSC1=O)NC1CCOc2ccccc21. The van der Waals surface area contributed by atoms with Crippen LogP contribution < -0.4 is 10.1 Å². The number of carbonyl (C=O) groups is 2. The van der Waals surface area contributed by atoms with Crippen molar-refractivity contribution in [3.63, 3.8) is 0 Å². The van der Waals surface area contributed by atoms with E-state index >= 15 is 0 Å². The van der Waals surface area contributed by atoms with Gasteiger partial charge in [0.1, 0.15) is 12.3 Å². The van der Waals surface area contributed by atoms with Gasteiger partial charge in [0, 0.05) is 24.3 Å². The number of benzene rings is 1. The van der Waals surface area contributed by atoms with Gasteiger partial charge >= 0.3 is 0 Å². The second kappa shape index (κ2) is 5.75. The van der Waals surface area contributed by atoms with Gasteiger partial charge in [-0.2, -0.15) is 0 Å². The predicted octanol–water partition coefficient (Wildman–Crippen LogP) is 1.80. The minimum atomic E-state index is -0.109. The van der Waals surface area contributed by atoms with Crippen molar-refractivity contribution in [3.05, 3.63) is 29.8 Å². The molecule has 1 unspecified atom stereocenters. The molecule has 0 saturated carbocycles. The minimum Gasteiger partial charge on any atom is -0.493 e. The lowest BCUT2D eigenvalue weighted by Crippen LogP contribution is -2.40. The second-order valence-corrected chi connectivity index (χ2v) is 5.88. The first-order valence-corrected chi connectivity index (χ1v) is 7.65. The summed E-state index contributed by atoms with van der Waals surface area (Å²) in [6.45, 7) is 1.40. The number of rotatable bonds is 3. The molecule has 1 aromatic carbocycles. The third-order valence-corrected chi connectivity index (χ3v) is 4.36. The van der Waals surface area contributed by atoms with E-state index < -0.39 is 0 Å². The van der Waals surface area contributed by atoms with Crippen molar-refractivity contribution >= 4 is 22.9 Å². The molecule has 2 amide bonds. The Bertz CT molecular complexity index is 535. The average molecular weight is 292 g/mol. The summed E-state index contributed by atoms with van der Waals surface area (Å²) >= 11 is 1.27. The summed E-state index contributed by atoms with van der Waals surface area (Å²) in [7, 11) is 0. The van der Waals surface area contributed by atoms with Gasteiger partial charge in [-0.15, -0.1) is 0 Å². The third kappa shape index (κ3) is 2.75. The van der Waals surface area contributed by atoms with E-state index in [1.54, 1.807) is 4.90 Å². The van der Waals surface area contributed by atoms with Crippen molar-refractivity contribution < 1.29 is 14.3 Å². The van der Waals surface area contributed by atoms with E-state index in [4.69, 9.17) is 4.74 Å². The van der Waals surface area contributed by atoms with E-state index in [9.17, 15) is 9.59 Å². The van der Waals surface area contributed by atoms with Crippen molar-refractivity contribution in [1.82, 2.24) is 10.2 Å². The fraction of sp³-hybridized carbons (Fsp3) is 0.429. The van der Waals surface area contributed by atoms with Gasteiger partial charge in [0.05, 0.1) is 12.6 Å². The number of nitrogens with zero attached hydrogens (tertiary/aromatic N) is 1. The number of ether oxygens (including phenoxy) is 1. The van der Waals surface area contributed by atoms with Crippen LogP contribution >= 0.6 is 11.8 Å². The molecule has 0 spiro atoms. The molecule has 2 aliphatic rings. The molecule has 0 aliphatic carbocycles. The highest BCUT2D eigenvalue weighted by Gasteiger charge is 2.26. The first-order chi connectivity index (χ1) is 9.74. The molecule has 2 heterocycles. The zero-order valence-corrected chi connectivity index (χ0v) is 11.8. The maximum atomic E-state index is 12.1. The van der Waals surface area contributed by atoms with Gasteiger partial charge in [-0.3, -0.25) is 9.59 Å². The molecule has 1 atom stereocenters. The van der Waals surface area contributed by atoms with Crippen LogP contribution in [0.25, 0.3) is 0 Å². The van der Waals surface area contributed by atoms with Crippen molar-refractivity contribution in [2.24, 2.45) is 0 Å². The number of hydrogen-bond acceptors (Lipinski definition) is 4. The van der Waals surface area contributed by atoms with Gasteiger partial charge in [0.15, 0.2) is 0 Å². The van der Waals surface area contributed by atoms with Crippen LogP contribution in [0, 0.1) is 0 Å².